The first kappa shape index (κ1) is 14.6. The summed E-state index contributed by atoms with van der Waals surface area (Å²) in [4.78, 5) is 31.9. The molecule has 0 spiro atoms. The Morgan fingerprint density at radius 3 is 2.83 bits per heavy atom. The van der Waals surface area contributed by atoms with Gasteiger partial charge < -0.3 is 9.73 Å². The third-order valence-electron chi connectivity index (χ3n) is 3.14. The lowest BCUT2D eigenvalue weighted by Gasteiger charge is -2.07. The van der Waals surface area contributed by atoms with E-state index in [1.165, 1.54) is 19.2 Å². The fraction of sp³-hybridized carbons (Fsp3) is 0.133. The third kappa shape index (κ3) is 3.15. The van der Waals surface area contributed by atoms with Gasteiger partial charge in [-0.15, -0.1) is 0 Å². The number of carbonyl (C=O) groups is 1. The van der Waals surface area contributed by atoms with E-state index in [4.69, 9.17) is 4.42 Å². The van der Waals surface area contributed by atoms with E-state index in [0.29, 0.717) is 17.1 Å². The first-order chi connectivity index (χ1) is 11.1. The molecule has 0 fully saturated rings. The topological polar surface area (TPSA) is 103 Å². The minimum Gasteiger partial charge on any atom is -0.463 e. The van der Waals surface area contributed by atoms with Gasteiger partial charge in [-0.3, -0.25) is 14.6 Å². The van der Waals surface area contributed by atoms with E-state index in [2.05, 4.69) is 20.4 Å². The Morgan fingerprint density at radius 1 is 1.26 bits per heavy atom. The molecule has 3 aromatic heterocycles. The number of hydrogen-bond donors (Lipinski definition) is 1. The highest BCUT2D eigenvalue weighted by Crippen LogP contribution is 2.19. The highest BCUT2D eigenvalue weighted by molar-refractivity contribution is 5.92. The van der Waals surface area contributed by atoms with Crippen molar-refractivity contribution in [1.29, 1.82) is 0 Å². The Balaban J connectivity index is 1.77. The van der Waals surface area contributed by atoms with E-state index in [9.17, 15) is 9.59 Å². The molecule has 1 N–H and O–H groups in total. The lowest BCUT2D eigenvalue weighted by atomic mass is 10.2. The van der Waals surface area contributed by atoms with Gasteiger partial charge in [0.2, 0.25) is 0 Å². The summed E-state index contributed by atoms with van der Waals surface area (Å²) >= 11 is 0. The van der Waals surface area contributed by atoms with Crippen LogP contribution < -0.4 is 10.9 Å². The minimum atomic E-state index is -0.406. The molecule has 1 amide bonds. The summed E-state index contributed by atoms with van der Waals surface area (Å²) in [6.45, 7) is 0.160. The summed E-state index contributed by atoms with van der Waals surface area (Å²) < 4.78 is 6.42. The van der Waals surface area contributed by atoms with Crippen LogP contribution in [-0.2, 0) is 13.6 Å². The van der Waals surface area contributed by atoms with Crippen LogP contribution in [-0.4, -0.2) is 25.7 Å². The number of rotatable bonds is 4. The number of aryl methyl sites for hydroxylation is 1. The SMILES string of the molecule is Cn1nc(C(=O)NCc2nccnc2-c2ccco2)ccc1=O. The molecule has 0 radical (unpaired) electrons. The molecule has 8 heteroatoms. The smallest absolute Gasteiger partial charge is 0.272 e. The minimum absolute atomic E-state index is 0.149. The highest BCUT2D eigenvalue weighted by atomic mass is 16.3. The highest BCUT2D eigenvalue weighted by Gasteiger charge is 2.13. The van der Waals surface area contributed by atoms with Crippen LogP contribution >= 0.6 is 0 Å². The predicted molar refractivity (Wildman–Crippen MR) is 80.4 cm³/mol. The van der Waals surface area contributed by atoms with Gasteiger partial charge in [-0.1, -0.05) is 0 Å². The number of nitrogens with one attached hydrogen (secondary N) is 1. The standard InChI is InChI=1S/C15H13N5O3/c1-20-13(21)5-4-10(19-20)15(22)18-9-11-14(17-7-6-16-11)12-3-2-8-23-12/h2-8H,9H2,1H3,(H,18,22). The normalized spacial score (nSPS) is 10.5. The lowest BCUT2D eigenvalue weighted by Crippen LogP contribution is -2.28. The predicted octanol–water partition coefficient (Wildman–Crippen LogP) is 0.760. The lowest BCUT2D eigenvalue weighted by molar-refractivity contribution is 0.0943. The van der Waals surface area contributed by atoms with Gasteiger partial charge in [0.1, 0.15) is 11.4 Å². The Bertz CT molecular complexity index is 886. The first-order valence-electron chi connectivity index (χ1n) is 6.81. The summed E-state index contributed by atoms with van der Waals surface area (Å²) in [7, 11) is 1.48. The fourth-order valence-electron chi connectivity index (χ4n) is 1.99. The maximum absolute atomic E-state index is 12.1. The van der Waals surface area contributed by atoms with Gasteiger partial charge in [0.15, 0.2) is 5.76 Å². The molecular formula is C15H13N5O3. The van der Waals surface area contributed by atoms with E-state index in [-0.39, 0.29) is 17.8 Å². The van der Waals surface area contributed by atoms with Crippen molar-refractivity contribution >= 4 is 5.91 Å². The molecule has 3 rings (SSSR count). The molecule has 0 atom stereocenters. The number of hydrogen-bond acceptors (Lipinski definition) is 6. The van der Waals surface area contributed by atoms with Crippen LogP contribution in [0.1, 0.15) is 16.2 Å². The zero-order valence-electron chi connectivity index (χ0n) is 12.3. The molecule has 0 unspecified atom stereocenters. The quantitative estimate of drug-likeness (QED) is 0.763. The van der Waals surface area contributed by atoms with Crippen molar-refractivity contribution < 1.29 is 9.21 Å². The Hall–Kier alpha value is -3.29. The molecule has 0 bridgehead atoms. The van der Waals surface area contributed by atoms with Crippen molar-refractivity contribution in [3.05, 3.63) is 64.7 Å². The van der Waals surface area contributed by atoms with Crippen LogP contribution in [0.15, 0.2) is 52.1 Å². The molecule has 0 saturated carbocycles. The van der Waals surface area contributed by atoms with Gasteiger partial charge in [-0.25, -0.2) is 9.67 Å². The van der Waals surface area contributed by atoms with Crippen LogP contribution in [0, 0.1) is 0 Å². The van der Waals surface area contributed by atoms with Gasteiger partial charge in [0.05, 0.1) is 18.5 Å². The monoisotopic (exact) mass is 311 g/mol. The second-order valence-corrected chi connectivity index (χ2v) is 4.69. The van der Waals surface area contributed by atoms with E-state index < -0.39 is 5.91 Å². The summed E-state index contributed by atoms with van der Waals surface area (Å²) in [5.74, 6) is 0.166. The third-order valence-corrected chi connectivity index (χ3v) is 3.14. The van der Waals surface area contributed by atoms with Crippen LogP contribution in [0.2, 0.25) is 0 Å². The van der Waals surface area contributed by atoms with Crippen LogP contribution in [0.5, 0.6) is 0 Å². The first-order valence-corrected chi connectivity index (χ1v) is 6.81. The van der Waals surface area contributed by atoms with Gasteiger partial charge in [0, 0.05) is 25.5 Å². The molecule has 8 nitrogen and oxygen atoms in total. The van der Waals surface area contributed by atoms with Gasteiger partial charge in [0.25, 0.3) is 11.5 Å². The molecule has 3 heterocycles. The molecule has 3 aromatic rings. The number of aromatic nitrogens is 4. The molecule has 0 aromatic carbocycles. The maximum Gasteiger partial charge on any atom is 0.272 e. The van der Waals surface area contributed by atoms with E-state index >= 15 is 0 Å². The van der Waals surface area contributed by atoms with E-state index in [1.54, 1.807) is 30.8 Å². The zero-order chi connectivity index (χ0) is 16.2. The molecule has 0 saturated heterocycles. The average molecular weight is 311 g/mol. The summed E-state index contributed by atoms with van der Waals surface area (Å²) in [5.41, 5.74) is 0.998. The molecule has 0 aliphatic carbocycles. The Labute approximate surface area is 130 Å². The van der Waals surface area contributed by atoms with Crippen LogP contribution in [0.4, 0.5) is 0 Å². The van der Waals surface area contributed by atoms with Crippen molar-refractivity contribution in [3.63, 3.8) is 0 Å². The Kier molecular flexibility index (Phi) is 3.96. The van der Waals surface area contributed by atoms with Gasteiger partial charge in [-0.2, -0.15) is 5.10 Å². The number of furan rings is 1. The summed E-state index contributed by atoms with van der Waals surface area (Å²) in [6.07, 6.45) is 4.64. The van der Waals surface area contributed by atoms with E-state index in [1.807, 2.05) is 0 Å². The summed E-state index contributed by atoms with van der Waals surface area (Å²) in [6, 6.07) is 6.19. The van der Waals surface area contributed by atoms with Gasteiger partial charge in [-0.05, 0) is 18.2 Å². The molecule has 0 aliphatic heterocycles. The Morgan fingerprint density at radius 2 is 2.09 bits per heavy atom. The van der Waals surface area contributed by atoms with Crippen molar-refractivity contribution in [3.8, 4) is 11.5 Å². The molecule has 23 heavy (non-hydrogen) atoms. The average Bonchev–Trinajstić information content (AvgIpc) is 3.10. The number of nitrogens with zero attached hydrogens (tertiary/aromatic N) is 4. The molecular weight excluding hydrogens is 298 g/mol. The largest absolute Gasteiger partial charge is 0.463 e. The van der Waals surface area contributed by atoms with Gasteiger partial charge >= 0.3 is 0 Å². The zero-order valence-corrected chi connectivity index (χ0v) is 12.3. The number of amides is 1. The van der Waals surface area contributed by atoms with Crippen molar-refractivity contribution in [2.24, 2.45) is 7.05 Å². The van der Waals surface area contributed by atoms with Crippen molar-refractivity contribution in [2.75, 3.05) is 0 Å². The van der Waals surface area contributed by atoms with Crippen LogP contribution in [0.3, 0.4) is 0 Å². The number of carbonyl (C=O) groups excluding carboxylic acids is 1. The van der Waals surface area contributed by atoms with E-state index in [0.717, 1.165) is 4.68 Å². The van der Waals surface area contributed by atoms with Crippen LogP contribution in [0.25, 0.3) is 11.5 Å². The molecule has 116 valence electrons. The fourth-order valence-corrected chi connectivity index (χ4v) is 1.99. The summed E-state index contributed by atoms with van der Waals surface area (Å²) in [5, 5.41) is 6.60. The molecule has 0 aliphatic rings. The second kappa shape index (κ2) is 6.22. The maximum atomic E-state index is 12.1. The van der Waals surface area contributed by atoms with Crippen molar-refractivity contribution in [1.82, 2.24) is 25.1 Å². The van der Waals surface area contributed by atoms with Crippen molar-refractivity contribution in [2.45, 2.75) is 6.54 Å². The second-order valence-electron chi connectivity index (χ2n) is 4.69.